The van der Waals surface area contributed by atoms with Crippen LogP contribution in [0.5, 0.6) is 0 Å². The van der Waals surface area contributed by atoms with E-state index >= 15 is 0 Å². The van der Waals surface area contributed by atoms with Crippen molar-refractivity contribution in [2.45, 2.75) is 45.1 Å². The van der Waals surface area contributed by atoms with E-state index < -0.39 is 0 Å². The first-order chi connectivity index (χ1) is 11.6. The van der Waals surface area contributed by atoms with Gasteiger partial charge in [-0.05, 0) is 62.9 Å². The van der Waals surface area contributed by atoms with Gasteiger partial charge >= 0.3 is 6.09 Å². The first-order valence-electron chi connectivity index (χ1n) is 9.53. The second-order valence-corrected chi connectivity index (χ2v) is 8.18. The van der Waals surface area contributed by atoms with E-state index in [0.29, 0.717) is 24.5 Å². The molecule has 0 aromatic carbocycles. The zero-order valence-electron chi connectivity index (χ0n) is 14.6. The first kappa shape index (κ1) is 16.2. The molecule has 4 fully saturated rings. The number of nitrogens with zero attached hydrogens (tertiary/aromatic N) is 2. The van der Waals surface area contributed by atoms with Crippen LogP contribution in [0.4, 0.5) is 4.79 Å². The Balaban J connectivity index is 1.37. The van der Waals surface area contributed by atoms with Crippen LogP contribution in [-0.2, 0) is 9.53 Å². The van der Waals surface area contributed by atoms with Crippen LogP contribution in [0.2, 0.25) is 0 Å². The van der Waals surface area contributed by atoms with Gasteiger partial charge in [0.1, 0.15) is 0 Å². The number of piperidine rings is 2. The lowest BCUT2D eigenvalue weighted by atomic mass is 9.76. The molecule has 2 bridgehead atoms. The smallest absolute Gasteiger partial charge is 0.409 e. The molecule has 24 heavy (non-hydrogen) atoms. The molecule has 1 N–H and O–H groups in total. The molecule has 134 valence electrons. The normalized spacial score (nSPS) is 35.3. The van der Waals surface area contributed by atoms with Gasteiger partial charge in [0.2, 0.25) is 5.91 Å². The van der Waals surface area contributed by atoms with Gasteiger partial charge in [0, 0.05) is 32.1 Å². The summed E-state index contributed by atoms with van der Waals surface area (Å²) in [6, 6.07) is 0.623. The van der Waals surface area contributed by atoms with Gasteiger partial charge in [-0.1, -0.05) is 0 Å². The van der Waals surface area contributed by atoms with E-state index in [1.807, 2.05) is 11.8 Å². The van der Waals surface area contributed by atoms with E-state index in [9.17, 15) is 9.59 Å². The molecule has 2 amide bonds. The molecule has 4 rings (SSSR count). The molecule has 3 saturated heterocycles. The Labute approximate surface area is 143 Å². The molecule has 0 aromatic heterocycles. The third-order valence-corrected chi connectivity index (χ3v) is 6.79. The molecule has 6 heteroatoms. The lowest BCUT2D eigenvalue weighted by Crippen LogP contribution is -2.56. The highest BCUT2D eigenvalue weighted by Gasteiger charge is 2.49. The van der Waals surface area contributed by atoms with Gasteiger partial charge in [0.15, 0.2) is 0 Å². The van der Waals surface area contributed by atoms with E-state index in [0.717, 1.165) is 52.0 Å². The van der Waals surface area contributed by atoms with Crippen molar-refractivity contribution in [1.29, 1.82) is 0 Å². The van der Waals surface area contributed by atoms with Gasteiger partial charge in [-0.15, -0.1) is 0 Å². The maximum atomic E-state index is 12.1. The highest BCUT2D eigenvalue weighted by molar-refractivity contribution is 5.79. The highest BCUT2D eigenvalue weighted by Crippen LogP contribution is 2.44. The van der Waals surface area contributed by atoms with Crippen LogP contribution in [0.1, 0.15) is 39.0 Å². The van der Waals surface area contributed by atoms with Crippen molar-refractivity contribution in [2.24, 2.45) is 17.3 Å². The zero-order valence-corrected chi connectivity index (χ0v) is 14.6. The summed E-state index contributed by atoms with van der Waals surface area (Å²) >= 11 is 0. The molecular formula is C18H29N3O3. The fraction of sp³-hybridized carbons (Fsp3) is 0.889. The average Bonchev–Trinajstić information content (AvgIpc) is 3.05. The number of likely N-dealkylation sites (tertiary alicyclic amines) is 2. The Morgan fingerprint density at radius 2 is 1.92 bits per heavy atom. The number of amides is 2. The van der Waals surface area contributed by atoms with Crippen LogP contribution in [0.15, 0.2) is 0 Å². The molecule has 3 heterocycles. The standard InChI is InChI=1S/C18H29N3O3/c1-2-24-17(23)21-10-13-3-4-14(11-21)16(13)20-7-5-18(6-8-20)9-15(22)19-12-18/h13-14,16H,2-12H2,1H3,(H,19,22). The van der Waals surface area contributed by atoms with Crippen molar-refractivity contribution < 1.29 is 14.3 Å². The number of rotatable bonds is 2. The maximum absolute atomic E-state index is 12.1. The van der Waals surface area contributed by atoms with Gasteiger partial charge in [-0.25, -0.2) is 4.79 Å². The highest BCUT2D eigenvalue weighted by atomic mass is 16.6. The summed E-state index contributed by atoms with van der Waals surface area (Å²) in [6.45, 7) is 7.09. The molecule has 0 radical (unpaired) electrons. The summed E-state index contributed by atoms with van der Waals surface area (Å²) in [6.07, 6.45) is 5.29. The quantitative estimate of drug-likeness (QED) is 0.830. The minimum atomic E-state index is -0.138. The van der Waals surface area contributed by atoms with Crippen molar-refractivity contribution in [3.63, 3.8) is 0 Å². The van der Waals surface area contributed by atoms with Crippen LogP contribution in [0.3, 0.4) is 0 Å². The lowest BCUT2D eigenvalue weighted by molar-refractivity contribution is -0.120. The van der Waals surface area contributed by atoms with Crippen molar-refractivity contribution in [1.82, 2.24) is 15.1 Å². The third-order valence-electron chi connectivity index (χ3n) is 6.79. The Bertz CT molecular complexity index is 502. The molecule has 6 nitrogen and oxygen atoms in total. The van der Waals surface area contributed by atoms with Gasteiger partial charge < -0.3 is 15.0 Å². The minimum Gasteiger partial charge on any atom is -0.450 e. The average molecular weight is 335 g/mol. The van der Waals surface area contributed by atoms with Crippen LogP contribution >= 0.6 is 0 Å². The van der Waals surface area contributed by atoms with Gasteiger partial charge in [0.25, 0.3) is 0 Å². The number of ether oxygens (including phenoxy) is 1. The first-order valence-corrected chi connectivity index (χ1v) is 9.53. The van der Waals surface area contributed by atoms with Crippen molar-refractivity contribution in [3.8, 4) is 0 Å². The topological polar surface area (TPSA) is 61.9 Å². The Morgan fingerprint density at radius 3 is 2.46 bits per heavy atom. The summed E-state index contributed by atoms with van der Waals surface area (Å²) in [4.78, 5) is 28.2. The predicted molar refractivity (Wildman–Crippen MR) is 89.5 cm³/mol. The molecule has 4 aliphatic rings. The minimum absolute atomic E-state index is 0.138. The summed E-state index contributed by atoms with van der Waals surface area (Å²) < 4.78 is 5.19. The zero-order chi connectivity index (χ0) is 16.7. The van der Waals surface area contributed by atoms with Gasteiger partial charge in [-0.3, -0.25) is 9.69 Å². The van der Waals surface area contributed by atoms with Crippen molar-refractivity contribution >= 4 is 12.0 Å². The molecule has 3 aliphatic heterocycles. The van der Waals surface area contributed by atoms with Crippen LogP contribution < -0.4 is 5.32 Å². The second kappa shape index (κ2) is 6.21. The van der Waals surface area contributed by atoms with Crippen molar-refractivity contribution in [3.05, 3.63) is 0 Å². The molecule has 2 unspecified atom stereocenters. The van der Waals surface area contributed by atoms with Crippen LogP contribution in [0, 0.1) is 17.3 Å². The molecular weight excluding hydrogens is 306 g/mol. The summed E-state index contributed by atoms with van der Waals surface area (Å²) in [5, 5.41) is 3.02. The SMILES string of the molecule is CCOC(=O)N1CC2CCC(C1)C2N1CCC2(CC1)CNC(=O)C2. The van der Waals surface area contributed by atoms with E-state index in [1.165, 1.54) is 12.8 Å². The summed E-state index contributed by atoms with van der Waals surface area (Å²) in [5.74, 6) is 1.40. The number of hydrogen-bond acceptors (Lipinski definition) is 4. The van der Waals surface area contributed by atoms with E-state index in [4.69, 9.17) is 4.74 Å². The van der Waals surface area contributed by atoms with Crippen LogP contribution in [0.25, 0.3) is 0 Å². The third kappa shape index (κ3) is 2.79. The number of nitrogens with one attached hydrogen (secondary N) is 1. The fourth-order valence-corrected chi connectivity index (χ4v) is 5.56. The Hall–Kier alpha value is -1.30. The summed E-state index contributed by atoms with van der Waals surface area (Å²) in [7, 11) is 0. The maximum Gasteiger partial charge on any atom is 0.409 e. The lowest BCUT2D eigenvalue weighted by Gasteiger charge is -2.47. The second-order valence-electron chi connectivity index (χ2n) is 8.18. The molecule has 1 spiro atoms. The number of hydrogen-bond donors (Lipinski definition) is 1. The largest absolute Gasteiger partial charge is 0.450 e. The monoisotopic (exact) mass is 335 g/mol. The molecule has 1 aliphatic carbocycles. The molecule has 2 atom stereocenters. The fourth-order valence-electron chi connectivity index (χ4n) is 5.56. The van der Waals surface area contributed by atoms with Gasteiger partial charge in [0.05, 0.1) is 6.61 Å². The van der Waals surface area contributed by atoms with E-state index in [1.54, 1.807) is 0 Å². The Kier molecular flexibility index (Phi) is 4.19. The number of fused-ring (bicyclic) bond motifs is 2. The van der Waals surface area contributed by atoms with Crippen molar-refractivity contribution in [2.75, 3.05) is 39.3 Å². The Morgan fingerprint density at radius 1 is 1.25 bits per heavy atom. The number of carbonyl (C=O) groups is 2. The van der Waals surface area contributed by atoms with Gasteiger partial charge in [-0.2, -0.15) is 0 Å². The number of carbonyl (C=O) groups excluding carboxylic acids is 2. The molecule has 1 saturated carbocycles. The predicted octanol–water partition coefficient (Wildman–Crippen LogP) is 1.46. The van der Waals surface area contributed by atoms with E-state index in [2.05, 4.69) is 10.2 Å². The van der Waals surface area contributed by atoms with E-state index in [-0.39, 0.29) is 17.4 Å². The van der Waals surface area contributed by atoms with Crippen LogP contribution in [-0.4, -0.2) is 67.2 Å². The molecule has 0 aromatic rings. The summed E-state index contributed by atoms with van der Waals surface area (Å²) in [5.41, 5.74) is 0.221.